The predicted molar refractivity (Wildman–Crippen MR) is 50.7 cm³/mol. The van der Waals surface area contributed by atoms with Crippen molar-refractivity contribution in [2.75, 3.05) is 19.6 Å². The molecule has 1 aliphatic heterocycles. The summed E-state index contributed by atoms with van der Waals surface area (Å²) in [7, 11) is 0. The van der Waals surface area contributed by atoms with E-state index in [0.717, 1.165) is 25.3 Å². The fourth-order valence-corrected chi connectivity index (χ4v) is 1.54. The lowest BCUT2D eigenvalue weighted by molar-refractivity contribution is 0.422. The fourth-order valence-electron chi connectivity index (χ4n) is 1.54. The van der Waals surface area contributed by atoms with Crippen LogP contribution in [0, 0.1) is 0 Å². The van der Waals surface area contributed by atoms with E-state index in [2.05, 4.69) is 15.6 Å². The largest absolute Gasteiger partial charge is 0.325 e. The molecular weight excluding hydrogens is 166 g/mol. The highest BCUT2D eigenvalue weighted by molar-refractivity contribution is 5.10. The molecule has 0 amide bonds. The Morgan fingerprint density at radius 3 is 2.92 bits per heavy atom. The summed E-state index contributed by atoms with van der Waals surface area (Å²) in [6, 6.07) is 5.48. The Balaban J connectivity index is 2.19. The van der Waals surface area contributed by atoms with Gasteiger partial charge in [0.15, 0.2) is 0 Å². The summed E-state index contributed by atoms with van der Waals surface area (Å²) in [5.74, 6) is 0. The van der Waals surface area contributed by atoms with Crippen LogP contribution in [0.1, 0.15) is 11.7 Å². The van der Waals surface area contributed by atoms with Crippen molar-refractivity contribution in [1.29, 1.82) is 0 Å². The lowest BCUT2D eigenvalue weighted by Crippen LogP contribution is -2.43. The Labute approximate surface area is 76.4 Å². The van der Waals surface area contributed by atoms with Crippen LogP contribution in [0.15, 0.2) is 23.0 Å². The summed E-state index contributed by atoms with van der Waals surface area (Å²) in [5.41, 5.74) is 0.921. The monoisotopic (exact) mass is 179 g/mol. The van der Waals surface area contributed by atoms with Gasteiger partial charge in [0.1, 0.15) is 0 Å². The van der Waals surface area contributed by atoms with E-state index in [1.807, 2.05) is 6.07 Å². The maximum Gasteiger partial charge on any atom is 0.248 e. The van der Waals surface area contributed by atoms with E-state index < -0.39 is 0 Å². The predicted octanol–water partition coefficient (Wildman–Crippen LogP) is -0.391. The van der Waals surface area contributed by atoms with Gasteiger partial charge in [-0.3, -0.25) is 4.79 Å². The Hall–Kier alpha value is -1.13. The van der Waals surface area contributed by atoms with Gasteiger partial charge < -0.3 is 15.6 Å². The number of hydrogen-bond acceptors (Lipinski definition) is 3. The second-order valence-corrected chi connectivity index (χ2v) is 3.18. The Bertz CT molecular complexity index is 328. The number of nitrogens with one attached hydrogen (secondary N) is 3. The summed E-state index contributed by atoms with van der Waals surface area (Å²) < 4.78 is 0. The van der Waals surface area contributed by atoms with Crippen molar-refractivity contribution < 1.29 is 0 Å². The molecule has 3 N–H and O–H groups in total. The second kappa shape index (κ2) is 3.72. The maximum absolute atomic E-state index is 11.0. The first-order valence-corrected chi connectivity index (χ1v) is 4.49. The average molecular weight is 179 g/mol. The van der Waals surface area contributed by atoms with Gasteiger partial charge in [-0.15, -0.1) is 0 Å². The lowest BCUT2D eigenvalue weighted by atomic mass is 10.1. The summed E-state index contributed by atoms with van der Waals surface area (Å²) >= 11 is 0. The van der Waals surface area contributed by atoms with E-state index in [9.17, 15) is 4.79 Å². The number of hydrogen-bond donors (Lipinski definition) is 3. The molecule has 0 radical (unpaired) electrons. The minimum absolute atomic E-state index is 0.0372. The van der Waals surface area contributed by atoms with Crippen molar-refractivity contribution in [3.8, 4) is 0 Å². The minimum Gasteiger partial charge on any atom is -0.325 e. The highest BCUT2D eigenvalue weighted by atomic mass is 16.1. The molecule has 1 fully saturated rings. The zero-order valence-electron chi connectivity index (χ0n) is 7.34. The first-order chi connectivity index (χ1) is 6.36. The minimum atomic E-state index is -0.0372. The summed E-state index contributed by atoms with van der Waals surface area (Å²) in [4.78, 5) is 13.8. The molecule has 4 nitrogen and oxygen atoms in total. The number of H-pyrrole nitrogens is 1. The van der Waals surface area contributed by atoms with Gasteiger partial charge in [-0.2, -0.15) is 0 Å². The normalized spacial score (nSPS) is 22.9. The molecule has 1 aliphatic rings. The van der Waals surface area contributed by atoms with Crippen molar-refractivity contribution in [3.63, 3.8) is 0 Å². The quantitative estimate of drug-likeness (QED) is 0.550. The smallest absolute Gasteiger partial charge is 0.248 e. The number of piperazine rings is 1. The van der Waals surface area contributed by atoms with Crippen molar-refractivity contribution in [3.05, 3.63) is 34.2 Å². The Kier molecular flexibility index (Phi) is 2.42. The summed E-state index contributed by atoms with van der Waals surface area (Å²) in [5, 5.41) is 6.60. The third-order valence-corrected chi connectivity index (χ3v) is 2.21. The molecule has 1 saturated heterocycles. The molecule has 2 heterocycles. The van der Waals surface area contributed by atoms with Crippen LogP contribution in [0.25, 0.3) is 0 Å². The van der Waals surface area contributed by atoms with Crippen molar-refractivity contribution in [2.24, 2.45) is 0 Å². The van der Waals surface area contributed by atoms with Crippen LogP contribution in [0.2, 0.25) is 0 Å². The van der Waals surface area contributed by atoms with E-state index in [1.54, 1.807) is 6.07 Å². The molecule has 0 spiro atoms. The van der Waals surface area contributed by atoms with Crippen LogP contribution >= 0.6 is 0 Å². The van der Waals surface area contributed by atoms with Gasteiger partial charge in [0.25, 0.3) is 0 Å². The van der Waals surface area contributed by atoms with Crippen LogP contribution in [-0.4, -0.2) is 24.6 Å². The third-order valence-electron chi connectivity index (χ3n) is 2.21. The number of aromatic amines is 1. The van der Waals surface area contributed by atoms with Gasteiger partial charge in [-0.05, 0) is 6.07 Å². The SMILES string of the molecule is O=c1cccc(C2CNCCN2)[nH]1. The second-order valence-electron chi connectivity index (χ2n) is 3.18. The molecule has 0 bridgehead atoms. The van der Waals surface area contributed by atoms with Gasteiger partial charge in [-0.1, -0.05) is 6.07 Å². The van der Waals surface area contributed by atoms with Gasteiger partial charge in [-0.25, -0.2) is 0 Å². The van der Waals surface area contributed by atoms with E-state index in [4.69, 9.17) is 0 Å². The number of aromatic nitrogens is 1. The van der Waals surface area contributed by atoms with Crippen molar-refractivity contribution >= 4 is 0 Å². The number of pyridine rings is 1. The van der Waals surface area contributed by atoms with Gasteiger partial charge in [0.05, 0.1) is 6.04 Å². The van der Waals surface area contributed by atoms with Crippen molar-refractivity contribution in [1.82, 2.24) is 15.6 Å². The fraction of sp³-hybridized carbons (Fsp3) is 0.444. The topological polar surface area (TPSA) is 56.9 Å². The lowest BCUT2D eigenvalue weighted by Gasteiger charge is -2.24. The van der Waals surface area contributed by atoms with Gasteiger partial charge in [0.2, 0.25) is 5.56 Å². The highest BCUT2D eigenvalue weighted by Gasteiger charge is 2.13. The first-order valence-electron chi connectivity index (χ1n) is 4.49. The van der Waals surface area contributed by atoms with Crippen LogP contribution in [0.4, 0.5) is 0 Å². The first kappa shape index (κ1) is 8.47. The van der Waals surface area contributed by atoms with Crippen LogP contribution < -0.4 is 16.2 Å². The molecular formula is C9H13N3O. The van der Waals surface area contributed by atoms with Gasteiger partial charge >= 0.3 is 0 Å². The molecule has 70 valence electrons. The maximum atomic E-state index is 11.0. The zero-order chi connectivity index (χ0) is 9.10. The molecule has 1 unspecified atom stereocenters. The molecule has 1 aromatic rings. The van der Waals surface area contributed by atoms with Crippen LogP contribution in [0.3, 0.4) is 0 Å². The summed E-state index contributed by atoms with van der Waals surface area (Å²) in [6.45, 7) is 2.81. The van der Waals surface area contributed by atoms with E-state index in [0.29, 0.717) is 0 Å². The molecule has 1 atom stereocenters. The van der Waals surface area contributed by atoms with E-state index >= 15 is 0 Å². The Morgan fingerprint density at radius 2 is 2.23 bits per heavy atom. The highest BCUT2D eigenvalue weighted by Crippen LogP contribution is 2.07. The third kappa shape index (κ3) is 1.96. The Morgan fingerprint density at radius 1 is 1.31 bits per heavy atom. The standard InChI is InChI=1S/C9H13N3O/c13-9-3-1-2-7(12-9)8-6-10-4-5-11-8/h1-3,8,10-11H,4-6H2,(H,12,13). The molecule has 0 aliphatic carbocycles. The molecule has 1 aromatic heterocycles. The molecule has 0 aromatic carbocycles. The number of rotatable bonds is 1. The molecule has 13 heavy (non-hydrogen) atoms. The van der Waals surface area contributed by atoms with E-state index in [-0.39, 0.29) is 11.6 Å². The van der Waals surface area contributed by atoms with Crippen molar-refractivity contribution in [2.45, 2.75) is 6.04 Å². The average Bonchev–Trinajstić information content (AvgIpc) is 2.19. The molecule has 4 heteroatoms. The molecule has 0 saturated carbocycles. The van der Waals surface area contributed by atoms with Gasteiger partial charge in [0, 0.05) is 31.4 Å². The molecule has 2 rings (SSSR count). The van der Waals surface area contributed by atoms with E-state index in [1.165, 1.54) is 6.07 Å². The zero-order valence-corrected chi connectivity index (χ0v) is 7.34. The summed E-state index contributed by atoms with van der Waals surface area (Å²) in [6.07, 6.45) is 0. The van der Waals surface area contributed by atoms with Crippen LogP contribution in [-0.2, 0) is 0 Å². The van der Waals surface area contributed by atoms with Crippen LogP contribution in [0.5, 0.6) is 0 Å².